The summed E-state index contributed by atoms with van der Waals surface area (Å²) in [6.45, 7) is 2.48. The summed E-state index contributed by atoms with van der Waals surface area (Å²) in [7, 11) is 0. The molecule has 3 aromatic rings. The molecule has 0 radical (unpaired) electrons. The van der Waals surface area contributed by atoms with Crippen LogP contribution in [0.15, 0.2) is 66.0 Å². The van der Waals surface area contributed by atoms with Gasteiger partial charge in [0, 0.05) is 10.4 Å². The van der Waals surface area contributed by atoms with Gasteiger partial charge in [-0.05, 0) is 36.1 Å². The first-order valence-electron chi connectivity index (χ1n) is 7.90. The van der Waals surface area contributed by atoms with Crippen LogP contribution in [-0.2, 0) is 11.4 Å². The Balaban J connectivity index is 1.86. The van der Waals surface area contributed by atoms with E-state index in [2.05, 4.69) is 0 Å². The number of thiophene rings is 1. The van der Waals surface area contributed by atoms with Crippen molar-refractivity contribution in [2.75, 3.05) is 0 Å². The molecule has 3 nitrogen and oxygen atoms in total. The normalized spacial score (nSPS) is 11.3. The summed E-state index contributed by atoms with van der Waals surface area (Å²) in [5.41, 5.74) is 3.29. The van der Waals surface area contributed by atoms with Gasteiger partial charge in [-0.2, -0.15) is 0 Å². The number of carboxylic acid groups (broad SMARTS) is 1. The minimum Gasteiger partial charge on any atom is -0.488 e. The van der Waals surface area contributed by atoms with E-state index in [1.807, 2.05) is 66.9 Å². The lowest BCUT2D eigenvalue weighted by Crippen LogP contribution is -2.00. The summed E-state index contributed by atoms with van der Waals surface area (Å²) in [6.07, 6.45) is 1.67. The van der Waals surface area contributed by atoms with Crippen LogP contribution < -0.4 is 4.74 Å². The molecule has 3 rings (SSSR count). The van der Waals surface area contributed by atoms with E-state index >= 15 is 0 Å². The summed E-state index contributed by atoms with van der Waals surface area (Å²) >= 11 is 1.41. The van der Waals surface area contributed by atoms with Gasteiger partial charge in [0.1, 0.15) is 12.4 Å². The van der Waals surface area contributed by atoms with Gasteiger partial charge >= 0.3 is 5.97 Å². The second-order valence-corrected chi connectivity index (χ2v) is 6.60. The molecular weight excluding hydrogens is 332 g/mol. The van der Waals surface area contributed by atoms with Crippen LogP contribution in [0.2, 0.25) is 0 Å². The lowest BCUT2D eigenvalue weighted by Gasteiger charge is -2.10. The lowest BCUT2D eigenvalue weighted by molar-refractivity contribution is -0.130. The van der Waals surface area contributed by atoms with Crippen molar-refractivity contribution in [3.8, 4) is 5.75 Å². The van der Waals surface area contributed by atoms with Gasteiger partial charge in [-0.3, -0.25) is 0 Å². The van der Waals surface area contributed by atoms with E-state index in [0.717, 1.165) is 16.0 Å². The molecule has 0 amide bonds. The molecule has 0 aliphatic carbocycles. The van der Waals surface area contributed by atoms with Gasteiger partial charge < -0.3 is 9.84 Å². The minimum atomic E-state index is -0.948. The maximum Gasteiger partial charge on any atom is 0.337 e. The third-order valence-electron chi connectivity index (χ3n) is 3.75. The van der Waals surface area contributed by atoms with Crippen molar-refractivity contribution < 1.29 is 14.6 Å². The zero-order chi connectivity index (χ0) is 17.6. The van der Waals surface area contributed by atoms with Crippen LogP contribution >= 0.6 is 11.3 Å². The second kappa shape index (κ2) is 7.81. The highest BCUT2D eigenvalue weighted by molar-refractivity contribution is 7.11. The van der Waals surface area contributed by atoms with Gasteiger partial charge in [0.05, 0.1) is 5.57 Å². The predicted molar refractivity (Wildman–Crippen MR) is 102 cm³/mol. The smallest absolute Gasteiger partial charge is 0.337 e. The lowest BCUT2D eigenvalue weighted by atomic mass is 10.1. The van der Waals surface area contributed by atoms with Crippen molar-refractivity contribution in [1.82, 2.24) is 0 Å². The Morgan fingerprint density at radius 2 is 1.84 bits per heavy atom. The molecule has 0 spiro atoms. The van der Waals surface area contributed by atoms with Crippen molar-refractivity contribution >= 4 is 29.0 Å². The van der Waals surface area contributed by atoms with Gasteiger partial charge in [-0.15, -0.1) is 11.3 Å². The summed E-state index contributed by atoms with van der Waals surface area (Å²) in [4.78, 5) is 12.3. The van der Waals surface area contributed by atoms with Crippen molar-refractivity contribution in [2.24, 2.45) is 0 Å². The molecule has 25 heavy (non-hydrogen) atoms. The molecule has 4 heteroatoms. The summed E-state index contributed by atoms with van der Waals surface area (Å²) in [5.74, 6) is -0.283. The summed E-state index contributed by atoms with van der Waals surface area (Å²) in [6, 6.07) is 19.3. The molecule has 0 aliphatic rings. The van der Waals surface area contributed by atoms with Gasteiger partial charge in [0.2, 0.25) is 0 Å². The van der Waals surface area contributed by atoms with Gasteiger partial charge in [0.15, 0.2) is 0 Å². The SMILES string of the molecule is Cc1ccc(COc2ccccc2/C=C(\C(=O)O)c2cccs2)cc1. The van der Waals surface area contributed by atoms with Crippen LogP contribution in [0.3, 0.4) is 0 Å². The molecule has 0 aliphatic heterocycles. The van der Waals surface area contributed by atoms with Crippen LogP contribution in [0.5, 0.6) is 5.75 Å². The van der Waals surface area contributed by atoms with E-state index in [1.165, 1.54) is 16.9 Å². The maximum atomic E-state index is 11.6. The molecule has 0 fully saturated rings. The first-order chi connectivity index (χ1) is 12.1. The number of hydrogen-bond acceptors (Lipinski definition) is 3. The van der Waals surface area contributed by atoms with Crippen molar-refractivity contribution in [3.63, 3.8) is 0 Å². The third-order valence-corrected chi connectivity index (χ3v) is 4.65. The second-order valence-electron chi connectivity index (χ2n) is 5.65. The van der Waals surface area contributed by atoms with E-state index in [1.54, 1.807) is 12.1 Å². The van der Waals surface area contributed by atoms with Gasteiger partial charge in [0.25, 0.3) is 0 Å². The topological polar surface area (TPSA) is 46.5 Å². The Bertz CT molecular complexity index is 878. The number of hydrogen-bond donors (Lipinski definition) is 1. The maximum absolute atomic E-state index is 11.6. The van der Waals surface area contributed by atoms with Crippen LogP contribution in [-0.4, -0.2) is 11.1 Å². The number of rotatable bonds is 6. The van der Waals surface area contributed by atoms with Crippen LogP contribution in [0.25, 0.3) is 11.6 Å². The van der Waals surface area contributed by atoms with Gasteiger partial charge in [-0.25, -0.2) is 4.79 Å². The molecule has 1 N–H and O–H groups in total. The molecule has 0 unspecified atom stereocenters. The summed E-state index contributed by atoms with van der Waals surface area (Å²) < 4.78 is 5.93. The van der Waals surface area contributed by atoms with E-state index in [4.69, 9.17) is 4.74 Å². The fraction of sp³-hybridized carbons (Fsp3) is 0.0952. The number of ether oxygens (including phenoxy) is 1. The first-order valence-corrected chi connectivity index (χ1v) is 8.77. The molecule has 0 saturated carbocycles. The largest absolute Gasteiger partial charge is 0.488 e. The minimum absolute atomic E-state index is 0.265. The quantitative estimate of drug-likeness (QED) is 0.617. The zero-order valence-electron chi connectivity index (χ0n) is 13.8. The standard InChI is InChI=1S/C21H18O3S/c1-15-8-10-16(11-9-15)14-24-19-6-3-2-5-17(19)13-18(21(22)23)20-7-4-12-25-20/h2-13H,14H2,1H3,(H,22,23)/b18-13-. The van der Waals surface area contributed by atoms with Crippen LogP contribution in [0, 0.1) is 6.92 Å². The monoisotopic (exact) mass is 350 g/mol. The molecule has 0 atom stereocenters. The Kier molecular flexibility index (Phi) is 5.31. The fourth-order valence-corrected chi connectivity index (χ4v) is 3.14. The summed E-state index contributed by atoms with van der Waals surface area (Å²) in [5, 5.41) is 11.4. The predicted octanol–water partition coefficient (Wildman–Crippen LogP) is 5.26. The van der Waals surface area contributed by atoms with E-state index in [0.29, 0.717) is 12.4 Å². The molecule has 126 valence electrons. The Morgan fingerprint density at radius 1 is 1.08 bits per heavy atom. The van der Waals surface area contributed by atoms with Crippen molar-refractivity contribution in [1.29, 1.82) is 0 Å². The highest BCUT2D eigenvalue weighted by Gasteiger charge is 2.13. The van der Waals surface area contributed by atoms with Crippen LogP contribution in [0.1, 0.15) is 21.6 Å². The number of carboxylic acids is 1. The number of benzene rings is 2. The number of carbonyl (C=O) groups is 1. The first kappa shape index (κ1) is 17.0. The van der Waals surface area contributed by atoms with Crippen molar-refractivity contribution in [3.05, 3.63) is 87.6 Å². The molecule has 1 heterocycles. The highest BCUT2D eigenvalue weighted by Crippen LogP contribution is 2.27. The average Bonchev–Trinajstić information content (AvgIpc) is 3.14. The molecule has 1 aromatic heterocycles. The zero-order valence-corrected chi connectivity index (χ0v) is 14.6. The molecular formula is C21H18O3S. The fourth-order valence-electron chi connectivity index (χ4n) is 2.40. The number of aliphatic carboxylic acids is 1. The Morgan fingerprint density at radius 3 is 2.52 bits per heavy atom. The van der Waals surface area contributed by atoms with Crippen molar-refractivity contribution in [2.45, 2.75) is 13.5 Å². The van der Waals surface area contributed by atoms with E-state index in [-0.39, 0.29) is 5.57 Å². The highest BCUT2D eigenvalue weighted by atomic mass is 32.1. The van der Waals surface area contributed by atoms with E-state index < -0.39 is 5.97 Å². The van der Waals surface area contributed by atoms with Crippen LogP contribution in [0.4, 0.5) is 0 Å². The number of para-hydroxylation sites is 1. The molecule has 0 saturated heterocycles. The van der Waals surface area contributed by atoms with Gasteiger partial charge in [-0.1, -0.05) is 54.1 Å². The molecule has 2 aromatic carbocycles. The Hall–Kier alpha value is -2.85. The molecule has 0 bridgehead atoms. The third kappa shape index (κ3) is 4.37. The van der Waals surface area contributed by atoms with E-state index in [9.17, 15) is 9.90 Å². The number of aryl methyl sites for hydroxylation is 1. The average molecular weight is 350 g/mol. The Labute approximate surface area is 150 Å².